The van der Waals surface area contributed by atoms with Gasteiger partial charge in [-0.05, 0) is 43.7 Å². The van der Waals surface area contributed by atoms with Gasteiger partial charge in [0.1, 0.15) is 17.4 Å². The number of carbonyl (C=O) groups excluding carboxylic acids is 1. The zero-order valence-corrected chi connectivity index (χ0v) is 15.7. The van der Waals surface area contributed by atoms with Crippen molar-refractivity contribution in [3.05, 3.63) is 66.0 Å². The summed E-state index contributed by atoms with van der Waals surface area (Å²) in [4.78, 5) is 11.4. The monoisotopic (exact) mass is 367 g/mol. The molecule has 6 heteroatoms. The number of nitrogens with zero attached hydrogens (tertiary/aromatic N) is 3. The molecule has 0 N–H and O–H groups in total. The first-order valence-corrected chi connectivity index (χ1v) is 9.49. The molecule has 1 aromatic heterocycles. The second-order valence-electron chi connectivity index (χ2n) is 5.81. The number of ketones is 1. The average molecular weight is 367 g/mol. The molecule has 0 radical (unpaired) electrons. The summed E-state index contributed by atoms with van der Waals surface area (Å²) >= 11 is 1.40. The lowest BCUT2D eigenvalue weighted by Gasteiger charge is -2.11. The zero-order chi connectivity index (χ0) is 18.4. The molecule has 0 atom stereocenters. The van der Waals surface area contributed by atoms with Crippen molar-refractivity contribution in [3.63, 3.8) is 0 Å². The minimum absolute atomic E-state index is 0.112. The maximum absolute atomic E-state index is 11.4. The largest absolute Gasteiger partial charge is 0.494 e. The fraction of sp³-hybridized carbons (Fsp3) is 0.250. The standard InChI is InChI=1S/C20H21N3O2S/c1-3-25-18-11-9-17(10-12-18)23-19(13-16-7-5-4-6-8-16)21-22-20(23)26-14-15(2)24/h4-12H,3,13-14H2,1-2H3. The molecule has 26 heavy (non-hydrogen) atoms. The number of hydrogen-bond acceptors (Lipinski definition) is 5. The summed E-state index contributed by atoms with van der Waals surface area (Å²) in [5.41, 5.74) is 2.12. The Balaban J connectivity index is 1.95. The molecule has 134 valence electrons. The van der Waals surface area contributed by atoms with Gasteiger partial charge >= 0.3 is 0 Å². The molecule has 1 heterocycles. The first kappa shape index (κ1) is 18.2. The summed E-state index contributed by atoms with van der Waals surface area (Å²) < 4.78 is 7.53. The third-order valence-electron chi connectivity index (χ3n) is 3.72. The van der Waals surface area contributed by atoms with E-state index in [0.717, 1.165) is 28.0 Å². The second-order valence-corrected chi connectivity index (χ2v) is 6.76. The number of carbonyl (C=O) groups is 1. The van der Waals surface area contributed by atoms with Crippen molar-refractivity contribution in [1.82, 2.24) is 14.8 Å². The normalized spacial score (nSPS) is 10.7. The molecule has 0 aliphatic rings. The molecule has 3 aromatic rings. The summed E-state index contributed by atoms with van der Waals surface area (Å²) in [6.45, 7) is 4.17. The van der Waals surface area contributed by atoms with E-state index in [1.54, 1.807) is 6.92 Å². The number of thioether (sulfide) groups is 1. The van der Waals surface area contributed by atoms with Gasteiger partial charge in [0.2, 0.25) is 0 Å². The molecule has 0 amide bonds. The summed E-state index contributed by atoms with van der Waals surface area (Å²) in [5, 5.41) is 9.40. The van der Waals surface area contributed by atoms with E-state index in [4.69, 9.17) is 4.74 Å². The predicted molar refractivity (Wildman–Crippen MR) is 103 cm³/mol. The van der Waals surface area contributed by atoms with Gasteiger partial charge in [-0.2, -0.15) is 0 Å². The van der Waals surface area contributed by atoms with Crippen LogP contribution in [0.2, 0.25) is 0 Å². The van der Waals surface area contributed by atoms with Gasteiger partial charge in [-0.3, -0.25) is 9.36 Å². The van der Waals surface area contributed by atoms with Crippen LogP contribution in [0.1, 0.15) is 25.2 Å². The van der Waals surface area contributed by atoms with E-state index in [1.807, 2.05) is 54.0 Å². The summed E-state index contributed by atoms with van der Waals surface area (Å²) in [7, 11) is 0. The zero-order valence-electron chi connectivity index (χ0n) is 14.9. The van der Waals surface area contributed by atoms with E-state index in [1.165, 1.54) is 11.8 Å². The van der Waals surface area contributed by atoms with Gasteiger partial charge in [-0.25, -0.2) is 0 Å². The molecular weight excluding hydrogens is 346 g/mol. The Labute approximate surface area is 157 Å². The molecule has 5 nitrogen and oxygen atoms in total. The highest BCUT2D eigenvalue weighted by atomic mass is 32.2. The molecule has 0 bridgehead atoms. The fourth-order valence-electron chi connectivity index (χ4n) is 2.57. The minimum Gasteiger partial charge on any atom is -0.494 e. The van der Waals surface area contributed by atoms with Crippen molar-refractivity contribution in [2.45, 2.75) is 25.4 Å². The average Bonchev–Trinajstić information content (AvgIpc) is 3.04. The van der Waals surface area contributed by atoms with E-state index >= 15 is 0 Å². The van der Waals surface area contributed by atoms with Gasteiger partial charge < -0.3 is 4.74 Å². The van der Waals surface area contributed by atoms with Crippen LogP contribution in [0.25, 0.3) is 5.69 Å². The first-order valence-electron chi connectivity index (χ1n) is 8.51. The van der Waals surface area contributed by atoms with Crippen LogP contribution in [0.3, 0.4) is 0 Å². The fourth-order valence-corrected chi connectivity index (χ4v) is 3.34. The molecule has 0 aliphatic carbocycles. The molecule has 0 saturated heterocycles. The summed E-state index contributed by atoms with van der Waals surface area (Å²) in [6.07, 6.45) is 0.668. The molecule has 3 rings (SSSR count). The second kappa shape index (κ2) is 8.67. The predicted octanol–water partition coefficient (Wildman–Crippen LogP) is 3.94. The van der Waals surface area contributed by atoms with E-state index in [-0.39, 0.29) is 5.78 Å². The van der Waals surface area contributed by atoms with E-state index in [2.05, 4.69) is 22.3 Å². The van der Waals surface area contributed by atoms with Crippen molar-refractivity contribution in [2.24, 2.45) is 0 Å². The Bertz CT molecular complexity index is 861. The number of ether oxygens (including phenoxy) is 1. The highest BCUT2D eigenvalue weighted by Crippen LogP contribution is 2.25. The van der Waals surface area contributed by atoms with Crippen LogP contribution in [0, 0.1) is 0 Å². The van der Waals surface area contributed by atoms with Crippen LogP contribution in [-0.2, 0) is 11.2 Å². The number of aromatic nitrogens is 3. The highest BCUT2D eigenvalue weighted by Gasteiger charge is 2.15. The lowest BCUT2D eigenvalue weighted by atomic mass is 10.1. The van der Waals surface area contributed by atoms with Crippen LogP contribution < -0.4 is 4.74 Å². The van der Waals surface area contributed by atoms with Gasteiger partial charge in [0, 0.05) is 12.1 Å². The topological polar surface area (TPSA) is 57.0 Å². The highest BCUT2D eigenvalue weighted by molar-refractivity contribution is 7.99. The van der Waals surface area contributed by atoms with Crippen molar-refractivity contribution in [3.8, 4) is 11.4 Å². The number of hydrogen-bond donors (Lipinski definition) is 0. The Morgan fingerprint density at radius 3 is 2.46 bits per heavy atom. The Morgan fingerprint density at radius 1 is 1.08 bits per heavy atom. The van der Waals surface area contributed by atoms with E-state index in [0.29, 0.717) is 18.8 Å². The SMILES string of the molecule is CCOc1ccc(-n2c(Cc3ccccc3)nnc2SCC(C)=O)cc1. The van der Waals surface area contributed by atoms with Gasteiger partial charge in [0.15, 0.2) is 5.16 Å². The van der Waals surface area contributed by atoms with Gasteiger partial charge in [-0.15, -0.1) is 10.2 Å². The van der Waals surface area contributed by atoms with Crippen molar-refractivity contribution in [1.29, 1.82) is 0 Å². The quantitative estimate of drug-likeness (QED) is 0.565. The minimum atomic E-state index is 0.112. The molecule has 0 unspecified atom stereocenters. The van der Waals surface area contributed by atoms with Crippen LogP contribution in [0.4, 0.5) is 0 Å². The molecular formula is C20H21N3O2S. The maximum Gasteiger partial charge on any atom is 0.196 e. The molecule has 0 aliphatic heterocycles. The molecule has 0 saturated carbocycles. The van der Waals surface area contributed by atoms with E-state index in [9.17, 15) is 4.79 Å². The Morgan fingerprint density at radius 2 is 1.81 bits per heavy atom. The summed E-state index contributed by atoms with van der Waals surface area (Å²) in [6, 6.07) is 18.0. The van der Waals surface area contributed by atoms with Gasteiger partial charge in [0.25, 0.3) is 0 Å². The van der Waals surface area contributed by atoms with Crippen molar-refractivity contribution < 1.29 is 9.53 Å². The van der Waals surface area contributed by atoms with Gasteiger partial charge in [0.05, 0.1) is 12.4 Å². The maximum atomic E-state index is 11.4. The van der Waals surface area contributed by atoms with Crippen LogP contribution in [0.5, 0.6) is 5.75 Å². The van der Waals surface area contributed by atoms with Crippen LogP contribution in [-0.4, -0.2) is 32.9 Å². The van der Waals surface area contributed by atoms with Crippen LogP contribution in [0.15, 0.2) is 59.8 Å². The molecule has 2 aromatic carbocycles. The third-order valence-corrected chi connectivity index (χ3v) is 4.79. The number of rotatable bonds is 8. The lowest BCUT2D eigenvalue weighted by molar-refractivity contribution is -0.114. The van der Waals surface area contributed by atoms with E-state index < -0.39 is 0 Å². The van der Waals surface area contributed by atoms with Crippen molar-refractivity contribution >= 4 is 17.5 Å². The van der Waals surface area contributed by atoms with Crippen molar-refractivity contribution in [2.75, 3.05) is 12.4 Å². The first-order chi connectivity index (χ1) is 12.7. The lowest BCUT2D eigenvalue weighted by Crippen LogP contribution is -2.05. The Kier molecular flexibility index (Phi) is 6.07. The molecule has 0 fully saturated rings. The molecule has 0 spiro atoms. The number of Topliss-reactive ketones (excluding diaryl/α,β-unsaturated/α-hetero) is 1. The van der Waals surface area contributed by atoms with Crippen LogP contribution >= 0.6 is 11.8 Å². The number of benzene rings is 2. The van der Waals surface area contributed by atoms with Gasteiger partial charge in [-0.1, -0.05) is 42.1 Å². The third kappa shape index (κ3) is 4.52. The smallest absolute Gasteiger partial charge is 0.196 e. The summed E-state index contributed by atoms with van der Waals surface area (Å²) in [5.74, 6) is 2.15. The Hall–Kier alpha value is -2.60.